The SMILES string of the molecule is CC1=C(C(=O)OCc2ccccc2)C(c2ccccc2OCCN(C)C)n2nnnc2N1. The second-order valence-electron chi connectivity index (χ2n) is 7.76. The fourth-order valence-electron chi connectivity index (χ4n) is 3.54. The molecular weight excluding hydrogens is 408 g/mol. The summed E-state index contributed by atoms with van der Waals surface area (Å²) in [5.41, 5.74) is 2.77. The lowest BCUT2D eigenvalue weighted by Crippen LogP contribution is -2.30. The van der Waals surface area contributed by atoms with Crippen molar-refractivity contribution < 1.29 is 14.3 Å². The van der Waals surface area contributed by atoms with Crippen LogP contribution < -0.4 is 10.1 Å². The third-order valence-corrected chi connectivity index (χ3v) is 5.16. The quantitative estimate of drug-likeness (QED) is 0.541. The van der Waals surface area contributed by atoms with Crippen molar-refractivity contribution in [3.05, 3.63) is 77.0 Å². The van der Waals surface area contributed by atoms with Crippen molar-refractivity contribution in [3.8, 4) is 5.75 Å². The maximum Gasteiger partial charge on any atom is 0.338 e. The zero-order chi connectivity index (χ0) is 22.5. The monoisotopic (exact) mass is 434 g/mol. The van der Waals surface area contributed by atoms with E-state index in [1.807, 2.05) is 80.5 Å². The summed E-state index contributed by atoms with van der Waals surface area (Å²) in [7, 11) is 3.98. The lowest BCUT2D eigenvalue weighted by molar-refractivity contribution is -0.140. The zero-order valence-corrected chi connectivity index (χ0v) is 18.4. The predicted octanol–water partition coefficient (Wildman–Crippen LogP) is 2.65. The number of tetrazole rings is 1. The molecule has 1 atom stereocenters. The number of nitrogens with zero attached hydrogens (tertiary/aromatic N) is 5. The van der Waals surface area contributed by atoms with Crippen LogP contribution in [-0.4, -0.2) is 58.3 Å². The molecule has 1 aliphatic heterocycles. The van der Waals surface area contributed by atoms with Gasteiger partial charge in [0.05, 0.1) is 5.57 Å². The molecule has 9 heteroatoms. The number of nitrogens with one attached hydrogen (secondary N) is 1. The summed E-state index contributed by atoms with van der Waals surface area (Å²) < 4.78 is 13.3. The van der Waals surface area contributed by atoms with Crippen LogP contribution in [0.25, 0.3) is 0 Å². The highest BCUT2D eigenvalue weighted by atomic mass is 16.5. The van der Waals surface area contributed by atoms with Gasteiger partial charge < -0.3 is 19.7 Å². The molecule has 1 N–H and O–H groups in total. The van der Waals surface area contributed by atoms with Crippen LogP contribution in [0.3, 0.4) is 0 Å². The number of esters is 1. The second-order valence-corrected chi connectivity index (χ2v) is 7.76. The molecule has 3 aromatic rings. The zero-order valence-electron chi connectivity index (χ0n) is 18.4. The molecule has 166 valence electrons. The minimum Gasteiger partial charge on any atom is -0.492 e. The summed E-state index contributed by atoms with van der Waals surface area (Å²) >= 11 is 0. The first-order chi connectivity index (χ1) is 15.5. The van der Waals surface area contributed by atoms with E-state index in [1.165, 1.54) is 0 Å². The van der Waals surface area contributed by atoms with Crippen LogP contribution in [0.5, 0.6) is 5.75 Å². The minimum absolute atomic E-state index is 0.173. The smallest absolute Gasteiger partial charge is 0.338 e. The number of ether oxygens (including phenoxy) is 2. The maximum atomic E-state index is 13.3. The summed E-state index contributed by atoms with van der Waals surface area (Å²) in [4.78, 5) is 15.3. The maximum absolute atomic E-state index is 13.3. The van der Waals surface area contributed by atoms with E-state index in [1.54, 1.807) is 4.68 Å². The molecule has 1 aliphatic rings. The molecule has 0 radical (unpaired) electrons. The molecule has 32 heavy (non-hydrogen) atoms. The average molecular weight is 435 g/mol. The largest absolute Gasteiger partial charge is 0.492 e. The average Bonchev–Trinajstić information content (AvgIpc) is 3.25. The van der Waals surface area contributed by atoms with Gasteiger partial charge in [-0.15, -0.1) is 0 Å². The normalized spacial score (nSPS) is 15.3. The number of carbonyl (C=O) groups excluding carboxylic acids is 1. The standard InChI is InChI=1S/C23H26N6O3/c1-16-20(22(30)32-15-17-9-5-4-6-10-17)21(29-23(24-16)25-26-27-29)18-11-7-8-12-19(18)31-14-13-28(2)3/h4-12,21H,13-15H2,1-3H3,(H,24,25,27). The number of para-hydroxylation sites is 1. The molecule has 0 saturated carbocycles. The molecule has 1 unspecified atom stereocenters. The first-order valence-electron chi connectivity index (χ1n) is 10.4. The van der Waals surface area contributed by atoms with E-state index < -0.39 is 12.0 Å². The van der Waals surface area contributed by atoms with Crippen molar-refractivity contribution in [2.45, 2.75) is 19.6 Å². The Morgan fingerprint density at radius 2 is 1.88 bits per heavy atom. The number of likely N-dealkylation sites (N-methyl/N-ethyl adjacent to an activating group) is 1. The van der Waals surface area contributed by atoms with E-state index >= 15 is 0 Å². The first-order valence-corrected chi connectivity index (χ1v) is 10.4. The van der Waals surface area contributed by atoms with Crippen LogP contribution in [0, 0.1) is 0 Å². The number of allylic oxidation sites excluding steroid dienone is 1. The summed E-state index contributed by atoms with van der Waals surface area (Å²) in [6.45, 7) is 3.26. The van der Waals surface area contributed by atoms with Crippen LogP contribution >= 0.6 is 0 Å². The Kier molecular flexibility index (Phi) is 6.46. The van der Waals surface area contributed by atoms with E-state index in [-0.39, 0.29) is 6.61 Å². The van der Waals surface area contributed by atoms with Crippen LogP contribution in [0.1, 0.15) is 24.1 Å². The Hall–Kier alpha value is -3.72. The van der Waals surface area contributed by atoms with Crippen LogP contribution in [0.2, 0.25) is 0 Å². The molecule has 1 aromatic heterocycles. The van der Waals surface area contributed by atoms with Gasteiger partial charge in [0.1, 0.15) is 25.0 Å². The van der Waals surface area contributed by atoms with Crippen molar-refractivity contribution >= 4 is 11.9 Å². The highest BCUT2D eigenvalue weighted by molar-refractivity contribution is 5.92. The highest BCUT2D eigenvalue weighted by Gasteiger charge is 2.36. The highest BCUT2D eigenvalue weighted by Crippen LogP contribution is 2.39. The molecule has 0 spiro atoms. The molecule has 0 saturated heterocycles. The van der Waals surface area contributed by atoms with Gasteiger partial charge in [0.15, 0.2) is 0 Å². The van der Waals surface area contributed by atoms with Gasteiger partial charge in [0, 0.05) is 17.8 Å². The van der Waals surface area contributed by atoms with Gasteiger partial charge in [-0.05, 0) is 43.1 Å². The lowest BCUT2D eigenvalue weighted by Gasteiger charge is -2.28. The van der Waals surface area contributed by atoms with E-state index in [0.717, 1.165) is 17.7 Å². The molecule has 2 aromatic carbocycles. The molecule has 2 heterocycles. The van der Waals surface area contributed by atoms with Crippen LogP contribution in [-0.2, 0) is 16.1 Å². The van der Waals surface area contributed by atoms with Crippen molar-refractivity contribution in [3.63, 3.8) is 0 Å². The van der Waals surface area contributed by atoms with Crippen molar-refractivity contribution in [2.24, 2.45) is 0 Å². The summed E-state index contributed by atoms with van der Waals surface area (Å²) in [5, 5.41) is 15.1. The van der Waals surface area contributed by atoms with E-state index in [9.17, 15) is 4.79 Å². The number of fused-ring (bicyclic) bond motifs is 1. The molecular formula is C23H26N6O3. The third kappa shape index (κ3) is 4.62. The Balaban J connectivity index is 1.66. The van der Waals surface area contributed by atoms with E-state index in [4.69, 9.17) is 9.47 Å². The molecule has 9 nitrogen and oxygen atoms in total. The van der Waals surface area contributed by atoms with Gasteiger partial charge >= 0.3 is 5.97 Å². The van der Waals surface area contributed by atoms with Crippen molar-refractivity contribution in [1.29, 1.82) is 0 Å². The summed E-state index contributed by atoms with van der Waals surface area (Å²) in [6.07, 6.45) is 0. The van der Waals surface area contributed by atoms with Crippen molar-refractivity contribution in [1.82, 2.24) is 25.1 Å². The van der Waals surface area contributed by atoms with E-state index in [0.29, 0.717) is 29.6 Å². The minimum atomic E-state index is -0.583. The molecule has 0 fully saturated rings. The number of benzene rings is 2. The Bertz CT molecular complexity index is 1110. The van der Waals surface area contributed by atoms with Gasteiger partial charge in [0.2, 0.25) is 5.95 Å². The number of anilines is 1. The lowest BCUT2D eigenvalue weighted by atomic mass is 9.95. The van der Waals surface area contributed by atoms with Crippen molar-refractivity contribution in [2.75, 3.05) is 32.6 Å². The Labute approximate surface area is 186 Å². The van der Waals surface area contributed by atoms with Gasteiger partial charge in [-0.2, -0.15) is 4.68 Å². The van der Waals surface area contributed by atoms with Crippen LogP contribution in [0.4, 0.5) is 5.95 Å². The number of rotatable bonds is 8. The Morgan fingerprint density at radius 3 is 2.66 bits per heavy atom. The van der Waals surface area contributed by atoms with Gasteiger partial charge in [-0.25, -0.2) is 4.79 Å². The summed E-state index contributed by atoms with van der Waals surface area (Å²) in [5.74, 6) is 0.687. The Morgan fingerprint density at radius 1 is 1.12 bits per heavy atom. The summed E-state index contributed by atoms with van der Waals surface area (Å²) in [6, 6.07) is 16.6. The number of hydrogen-bond donors (Lipinski definition) is 1. The fourth-order valence-corrected chi connectivity index (χ4v) is 3.54. The van der Waals surface area contributed by atoms with Gasteiger partial charge in [-0.3, -0.25) is 0 Å². The van der Waals surface area contributed by atoms with E-state index in [2.05, 4.69) is 20.8 Å². The topological polar surface area (TPSA) is 94.4 Å². The van der Waals surface area contributed by atoms with Gasteiger partial charge in [-0.1, -0.05) is 53.6 Å². The van der Waals surface area contributed by atoms with Gasteiger partial charge in [0.25, 0.3) is 0 Å². The fraction of sp³-hybridized carbons (Fsp3) is 0.304. The molecule has 0 amide bonds. The van der Waals surface area contributed by atoms with Crippen LogP contribution in [0.15, 0.2) is 65.9 Å². The molecule has 0 aliphatic carbocycles. The third-order valence-electron chi connectivity index (χ3n) is 5.16. The molecule has 4 rings (SSSR count). The number of hydrogen-bond acceptors (Lipinski definition) is 8. The number of aromatic nitrogens is 4. The number of carbonyl (C=O) groups is 1. The first kappa shape index (κ1) is 21.5. The second kappa shape index (κ2) is 9.61. The predicted molar refractivity (Wildman–Crippen MR) is 119 cm³/mol. The molecule has 0 bridgehead atoms.